The highest BCUT2D eigenvalue weighted by atomic mass is 79.9. The van der Waals surface area contributed by atoms with Gasteiger partial charge in [-0.3, -0.25) is 4.79 Å². The molecule has 3 nitrogen and oxygen atoms in total. The lowest BCUT2D eigenvalue weighted by Crippen LogP contribution is -1.92. The van der Waals surface area contributed by atoms with Crippen LogP contribution in [0.5, 0.6) is 11.5 Å². The molecule has 0 aliphatic carbocycles. The number of halogens is 1. The lowest BCUT2D eigenvalue weighted by atomic mass is 10.2. The van der Waals surface area contributed by atoms with Crippen molar-refractivity contribution in [2.75, 3.05) is 0 Å². The summed E-state index contributed by atoms with van der Waals surface area (Å²) in [5.74, 6) is 0.862. The summed E-state index contributed by atoms with van der Waals surface area (Å²) in [4.78, 5) is 11.0. The Hall–Kier alpha value is -2.12. The maximum atomic E-state index is 11.0. The molecule has 0 saturated heterocycles. The van der Waals surface area contributed by atoms with E-state index >= 15 is 0 Å². The first kappa shape index (κ1) is 12.3. The number of para-hydroxylation sites is 1. The van der Waals surface area contributed by atoms with Crippen molar-refractivity contribution in [2.24, 2.45) is 0 Å². The molecule has 2 aromatic carbocycles. The Morgan fingerprint density at radius 3 is 2.67 bits per heavy atom. The van der Waals surface area contributed by atoms with Crippen molar-refractivity contribution >= 4 is 22.2 Å². The topological polar surface area (TPSA) is 50.1 Å². The number of hydrogen-bond acceptors (Lipinski definition) is 3. The number of aldehydes is 1. The van der Waals surface area contributed by atoms with Crippen LogP contribution in [0.25, 0.3) is 0 Å². The molecule has 0 aromatic heterocycles. The maximum Gasteiger partial charge on any atom is 0.153 e. The molecule has 0 bridgehead atoms. The van der Waals surface area contributed by atoms with Gasteiger partial charge in [0.15, 0.2) is 6.29 Å². The molecule has 88 valence electrons. The Labute approximate surface area is 113 Å². The van der Waals surface area contributed by atoms with Crippen LogP contribution in [0.15, 0.2) is 46.9 Å². The van der Waals surface area contributed by atoms with Crippen molar-refractivity contribution in [1.29, 1.82) is 5.26 Å². The van der Waals surface area contributed by atoms with E-state index in [1.807, 2.05) is 6.07 Å². The summed E-state index contributed by atoms with van der Waals surface area (Å²) in [6, 6.07) is 14.0. The molecule has 0 N–H and O–H groups in total. The number of rotatable bonds is 3. The minimum Gasteiger partial charge on any atom is -0.455 e. The monoisotopic (exact) mass is 301 g/mol. The summed E-state index contributed by atoms with van der Waals surface area (Å²) < 4.78 is 6.40. The second kappa shape index (κ2) is 5.48. The second-order valence-corrected chi connectivity index (χ2v) is 4.43. The zero-order valence-corrected chi connectivity index (χ0v) is 10.8. The van der Waals surface area contributed by atoms with Gasteiger partial charge in [-0.15, -0.1) is 0 Å². The van der Waals surface area contributed by atoms with Crippen LogP contribution >= 0.6 is 15.9 Å². The third-order valence-electron chi connectivity index (χ3n) is 2.33. The van der Waals surface area contributed by atoms with Gasteiger partial charge in [-0.25, -0.2) is 0 Å². The number of nitriles is 1. The number of ether oxygens (including phenoxy) is 1. The van der Waals surface area contributed by atoms with Gasteiger partial charge in [0.05, 0.1) is 11.1 Å². The zero-order chi connectivity index (χ0) is 13.0. The standard InChI is InChI=1S/C14H8BrNO2/c15-12-5-6-14(11(7-12)9-17)18-13-4-2-1-3-10(13)8-16/h1-7,9H. The SMILES string of the molecule is N#Cc1ccccc1Oc1ccc(Br)cc1C=O. The van der Waals surface area contributed by atoms with Crippen molar-refractivity contribution in [3.05, 3.63) is 58.1 Å². The van der Waals surface area contributed by atoms with Crippen LogP contribution in [0.1, 0.15) is 15.9 Å². The number of hydrogen-bond donors (Lipinski definition) is 0. The fraction of sp³-hybridized carbons (Fsp3) is 0. The first-order valence-electron chi connectivity index (χ1n) is 5.16. The zero-order valence-electron chi connectivity index (χ0n) is 9.26. The van der Waals surface area contributed by atoms with E-state index in [9.17, 15) is 4.79 Å². The highest BCUT2D eigenvalue weighted by molar-refractivity contribution is 9.10. The van der Waals surface area contributed by atoms with Gasteiger partial charge in [0.1, 0.15) is 17.6 Å². The average molecular weight is 302 g/mol. The van der Waals surface area contributed by atoms with Gasteiger partial charge < -0.3 is 4.74 Å². The van der Waals surface area contributed by atoms with E-state index in [0.717, 1.165) is 10.8 Å². The molecule has 0 amide bonds. The number of nitrogens with zero attached hydrogens (tertiary/aromatic N) is 1. The smallest absolute Gasteiger partial charge is 0.153 e. The predicted octanol–water partition coefficient (Wildman–Crippen LogP) is 3.93. The first-order valence-corrected chi connectivity index (χ1v) is 5.95. The Morgan fingerprint density at radius 2 is 1.94 bits per heavy atom. The fourth-order valence-electron chi connectivity index (χ4n) is 1.47. The predicted molar refractivity (Wildman–Crippen MR) is 70.8 cm³/mol. The van der Waals surface area contributed by atoms with E-state index in [0.29, 0.717) is 22.6 Å². The molecule has 0 aliphatic rings. The third kappa shape index (κ3) is 2.58. The molecule has 0 radical (unpaired) electrons. The quantitative estimate of drug-likeness (QED) is 0.807. The fourth-order valence-corrected chi connectivity index (χ4v) is 1.85. The lowest BCUT2D eigenvalue weighted by molar-refractivity contribution is 0.112. The van der Waals surface area contributed by atoms with E-state index in [2.05, 4.69) is 15.9 Å². The van der Waals surface area contributed by atoms with E-state index in [-0.39, 0.29) is 0 Å². The number of carbonyl (C=O) groups is 1. The van der Waals surface area contributed by atoms with Crippen LogP contribution in [-0.4, -0.2) is 6.29 Å². The van der Waals surface area contributed by atoms with Gasteiger partial charge in [-0.05, 0) is 30.3 Å². The van der Waals surface area contributed by atoms with Gasteiger partial charge in [-0.2, -0.15) is 5.26 Å². The van der Waals surface area contributed by atoms with Crippen LogP contribution in [0.3, 0.4) is 0 Å². The molecule has 4 heteroatoms. The highest BCUT2D eigenvalue weighted by Crippen LogP contribution is 2.28. The molecule has 0 aliphatic heterocycles. The molecule has 2 aromatic rings. The third-order valence-corrected chi connectivity index (χ3v) is 2.82. The van der Waals surface area contributed by atoms with Gasteiger partial charge in [-0.1, -0.05) is 28.1 Å². The number of carbonyl (C=O) groups excluding carboxylic acids is 1. The normalized spacial score (nSPS) is 9.56. The minimum atomic E-state index is 0.427. The van der Waals surface area contributed by atoms with Gasteiger partial charge in [0, 0.05) is 4.47 Å². The van der Waals surface area contributed by atoms with Crippen molar-refractivity contribution in [2.45, 2.75) is 0 Å². The summed E-state index contributed by atoms with van der Waals surface area (Å²) in [5, 5.41) is 8.96. The Bertz CT molecular complexity index is 632. The van der Waals surface area contributed by atoms with Crippen molar-refractivity contribution in [3.63, 3.8) is 0 Å². The van der Waals surface area contributed by atoms with Gasteiger partial charge in [0.2, 0.25) is 0 Å². The Morgan fingerprint density at radius 1 is 1.17 bits per heavy atom. The van der Waals surface area contributed by atoms with Crippen molar-refractivity contribution in [3.8, 4) is 17.6 Å². The summed E-state index contributed by atoms with van der Waals surface area (Å²) in [7, 11) is 0. The van der Waals surface area contributed by atoms with Crippen molar-refractivity contribution < 1.29 is 9.53 Å². The van der Waals surface area contributed by atoms with E-state index in [4.69, 9.17) is 10.00 Å². The molecule has 0 fully saturated rings. The lowest BCUT2D eigenvalue weighted by Gasteiger charge is -2.09. The summed E-state index contributed by atoms with van der Waals surface area (Å²) >= 11 is 3.28. The summed E-state index contributed by atoms with van der Waals surface area (Å²) in [6.07, 6.45) is 0.717. The molecule has 0 atom stereocenters. The van der Waals surface area contributed by atoms with E-state index in [1.165, 1.54) is 0 Å². The molecule has 0 heterocycles. The largest absolute Gasteiger partial charge is 0.455 e. The second-order valence-electron chi connectivity index (χ2n) is 3.51. The molecular weight excluding hydrogens is 294 g/mol. The molecule has 0 spiro atoms. The maximum absolute atomic E-state index is 11.0. The number of benzene rings is 2. The van der Waals surface area contributed by atoms with Gasteiger partial charge in [0.25, 0.3) is 0 Å². The molecule has 0 unspecified atom stereocenters. The van der Waals surface area contributed by atoms with E-state index in [1.54, 1.807) is 42.5 Å². The molecule has 0 saturated carbocycles. The average Bonchev–Trinajstić information content (AvgIpc) is 2.41. The van der Waals surface area contributed by atoms with Crippen LogP contribution < -0.4 is 4.74 Å². The first-order chi connectivity index (χ1) is 8.74. The molecule has 18 heavy (non-hydrogen) atoms. The minimum absolute atomic E-state index is 0.427. The molecule has 2 rings (SSSR count). The van der Waals surface area contributed by atoms with Crippen molar-refractivity contribution in [1.82, 2.24) is 0 Å². The van der Waals surface area contributed by atoms with Gasteiger partial charge >= 0.3 is 0 Å². The van der Waals surface area contributed by atoms with E-state index < -0.39 is 0 Å². The summed E-state index contributed by atoms with van der Waals surface area (Å²) in [6.45, 7) is 0. The van der Waals surface area contributed by atoms with Crippen LogP contribution in [0.2, 0.25) is 0 Å². The molecular formula is C14H8BrNO2. The van der Waals surface area contributed by atoms with Crippen LogP contribution in [0, 0.1) is 11.3 Å². The Balaban J connectivity index is 2.40. The highest BCUT2D eigenvalue weighted by Gasteiger charge is 2.08. The Kier molecular flexibility index (Phi) is 3.75. The van der Waals surface area contributed by atoms with Crippen LogP contribution in [-0.2, 0) is 0 Å². The van der Waals surface area contributed by atoms with Crippen LogP contribution in [0.4, 0.5) is 0 Å². The summed E-state index contributed by atoms with van der Waals surface area (Å²) in [5.41, 5.74) is 0.856.